The Morgan fingerprint density at radius 3 is 2.52 bits per heavy atom. The lowest BCUT2D eigenvalue weighted by Gasteiger charge is -2.39. The van der Waals surface area contributed by atoms with Gasteiger partial charge >= 0.3 is 0 Å². The minimum Gasteiger partial charge on any atom is -0.317 e. The molecule has 6 aliphatic rings. The second kappa shape index (κ2) is 10.6. The topological polar surface area (TPSA) is 15.6 Å². The van der Waals surface area contributed by atoms with Crippen molar-refractivity contribution in [3.8, 4) is 0 Å². The molecule has 2 aliphatic heterocycles. The maximum absolute atomic E-state index is 5.86. The number of nitrogens with zero attached hydrogens (tertiary/aromatic N) is 2. The number of hydrogen-bond acceptors (Lipinski definition) is 3. The van der Waals surface area contributed by atoms with E-state index in [1.165, 1.54) is 64.6 Å². The van der Waals surface area contributed by atoms with Crippen LogP contribution in [0.5, 0.6) is 0 Å². The van der Waals surface area contributed by atoms with Crippen LogP contribution in [-0.4, -0.2) is 11.8 Å². The maximum Gasteiger partial charge on any atom is 0.129 e. The number of fused-ring (bicyclic) bond motifs is 13. The molecule has 0 saturated heterocycles. The van der Waals surface area contributed by atoms with Crippen molar-refractivity contribution < 1.29 is 0 Å². The highest BCUT2D eigenvalue weighted by molar-refractivity contribution is 7.26. The van der Waals surface area contributed by atoms with E-state index >= 15 is 0 Å². The molecule has 0 bridgehead atoms. The molecule has 3 aromatic carbocycles. The van der Waals surface area contributed by atoms with E-state index in [0.717, 1.165) is 25.1 Å². The first-order valence-corrected chi connectivity index (χ1v) is 18.4. The third-order valence-electron chi connectivity index (χ3n) is 11.4. The summed E-state index contributed by atoms with van der Waals surface area (Å²) < 4.78 is 2.72. The molecule has 3 heterocycles. The van der Waals surface area contributed by atoms with Gasteiger partial charge in [0.15, 0.2) is 0 Å². The highest BCUT2D eigenvalue weighted by atomic mass is 32.1. The Kier molecular flexibility index (Phi) is 6.27. The fourth-order valence-electron chi connectivity index (χ4n) is 9.01. The van der Waals surface area contributed by atoms with Crippen molar-refractivity contribution in [2.45, 2.75) is 45.1 Å². The molecule has 4 aliphatic carbocycles. The largest absolute Gasteiger partial charge is 0.317 e. The quantitative estimate of drug-likeness (QED) is 0.213. The molecular formula is C45H38N2S. The van der Waals surface area contributed by atoms with E-state index in [1.54, 1.807) is 0 Å². The van der Waals surface area contributed by atoms with Crippen molar-refractivity contribution in [2.24, 2.45) is 22.2 Å². The van der Waals surface area contributed by atoms with Gasteiger partial charge in [0.05, 0.1) is 22.1 Å². The maximum atomic E-state index is 5.86. The van der Waals surface area contributed by atoms with E-state index in [1.807, 2.05) is 11.3 Å². The van der Waals surface area contributed by atoms with E-state index in [4.69, 9.17) is 4.99 Å². The average molecular weight is 639 g/mol. The third-order valence-corrected chi connectivity index (χ3v) is 12.6. The molecule has 10 rings (SSSR count). The Balaban J connectivity index is 1.24. The summed E-state index contributed by atoms with van der Waals surface area (Å²) in [5.41, 5.74) is 8.00. The van der Waals surface area contributed by atoms with Crippen LogP contribution in [0.15, 0.2) is 161 Å². The van der Waals surface area contributed by atoms with E-state index < -0.39 is 0 Å². The zero-order valence-electron chi connectivity index (χ0n) is 27.4. The molecule has 1 aromatic heterocycles. The van der Waals surface area contributed by atoms with Gasteiger partial charge in [-0.15, -0.1) is 11.3 Å². The number of anilines is 1. The predicted octanol–water partition coefficient (Wildman–Crippen LogP) is 11.8. The van der Waals surface area contributed by atoms with E-state index in [2.05, 4.69) is 152 Å². The first kappa shape index (κ1) is 28.3. The normalized spacial score (nSPS) is 30.8. The summed E-state index contributed by atoms with van der Waals surface area (Å²) in [6, 6.07) is 18.2. The monoisotopic (exact) mass is 638 g/mol. The minimum atomic E-state index is -0.105. The van der Waals surface area contributed by atoms with E-state index in [-0.39, 0.29) is 23.3 Å². The zero-order valence-corrected chi connectivity index (χ0v) is 28.3. The fraction of sp³-hybridized carbons (Fsp3) is 0.222. The molecule has 0 radical (unpaired) electrons. The van der Waals surface area contributed by atoms with E-state index in [9.17, 15) is 0 Å². The SMILES string of the molecule is CC1C=CC(C2=C3C=CC4(C)C=CC=CC4/C3=N/C(N3c4c(c5ccccc5c5c4sc4ccccc45)C4C=CC=CC43)=C\CC2)=CC1. The molecule has 0 fully saturated rings. The van der Waals surface area contributed by atoms with Crippen LogP contribution < -0.4 is 4.90 Å². The molecule has 0 saturated carbocycles. The highest BCUT2D eigenvalue weighted by Gasteiger charge is 2.44. The van der Waals surface area contributed by atoms with Gasteiger partial charge in [-0.2, -0.15) is 0 Å². The first-order chi connectivity index (χ1) is 23.6. The number of hydrogen-bond donors (Lipinski definition) is 0. The van der Waals surface area contributed by atoms with Crippen LogP contribution in [0.1, 0.15) is 44.6 Å². The Morgan fingerprint density at radius 2 is 1.65 bits per heavy atom. The summed E-state index contributed by atoms with van der Waals surface area (Å²) in [6.45, 7) is 4.67. The van der Waals surface area contributed by atoms with Crippen LogP contribution in [-0.2, 0) is 0 Å². The fourth-order valence-corrected chi connectivity index (χ4v) is 10.3. The van der Waals surface area contributed by atoms with Gasteiger partial charge in [-0.3, -0.25) is 0 Å². The van der Waals surface area contributed by atoms with Crippen LogP contribution >= 0.6 is 11.3 Å². The second-order valence-electron chi connectivity index (χ2n) is 14.4. The third kappa shape index (κ3) is 4.07. The van der Waals surface area contributed by atoms with Crippen molar-refractivity contribution in [1.29, 1.82) is 0 Å². The number of allylic oxidation sites excluding steroid dienone is 15. The first-order valence-electron chi connectivity index (χ1n) is 17.6. The Labute approximate surface area is 286 Å². The van der Waals surface area contributed by atoms with Gasteiger partial charge in [0.25, 0.3) is 0 Å². The van der Waals surface area contributed by atoms with Gasteiger partial charge in [-0.25, -0.2) is 4.99 Å². The number of thiophene rings is 1. The molecule has 4 aromatic rings. The van der Waals surface area contributed by atoms with Crippen LogP contribution in [0.25, 0.3) is 30.9 Å². The van der Waals surface area contributed by atoms with Crippen LogP contribution in [0.3, 0.4) is 0 Å². The Hall–Kier alpha value is -4.73. The second-order valence-corrected chi connectivity index (χ2v) is 15.5. The lowest BCUT2D eigenvalue weighted by atomic mass is 9.66. The molecule has 234 valence electrons. The zero-order chi connectivity index (χ0) is 32.0. The van der Waals surface area contributed by atoms with Gasteiger partial charge < -0.3 is 4.90 Å². The summed E-state index contributed by atoms with van der Waals surface area (Å²) in [5.74, 6) is 2.11. The van der Waals surface area contributed by atoms with Crippen molar-refractivity contribution in [3.05, 3.63) is 162 Å². The summed E-state index contributed by atoms with van der Waals surface area (Å²) in [5, 5.41) is 5.44. The molecule has 5 atom stereocenters. The molecule has 2 nitrogen and oxygen atoms in total. The van der Waals surface area contributed by atoms with Gasteiger partial charge in [0.2, 0.25) is 0 Å². The summed E-state index contributed by atoms with van der Waals surface area (Å²) >= 11 is 1.94. The van der Waals surface area contributed by atoms with Crippen LogP contribution in [0.4, 0.5) is 5.69 Å². The number of rotatable bonds is 2. The lowest BCUT2D eigenvalue weighted by Crippen LogP contribution is -2.37. The molecule has 0 N–H and O–H groups in total. The van der Waals surface area contributed by atoms with E-state index in [0.29, 0.717) is 5.92 Å². The number of benzene rings is 3. The summed E-state index contributed by atoms with van der Waals surface area (Å²) in [7, 11) is 0. The number of aliphatic imine (C=N–C) groups is 1. The minimum absolute atomic E-state index is 0.105. The van der Waals surface area contributed by atoms with Crippen molar-refractivity contribution in [1.82, 2.24) is 0 Å². The van der Waals surface area contributed by atoms with Gasteiger partial charge in [0.1, 0.15) is 5.82 Å². The Bertz CT molecular complexity index is 2380. The van der Waals surface area contributed by atoms with Gasteiger partial charge in [-0.1, -0.05) is 135 Å². The molecular weight excluding hydrogens is 601 g/mol. The van der Waals surface area contributed by atoms with Crippen LogP contribution in [0.2, 0.25) is 0 Å². The molecule has 3 heteroatoms. The Morgan fingerprint density at radius 1 is 0.833 bits per heavy atom. The summed E-state index contributed by atoms with van der Waals surface area (Å²) in [6.07, 6.45) is 36.0. The lowest BCUT2D eigenvalue weighted by molar-refractivity contribution is 0.474. The molecule has 0 spiro atoms. The highest BCUT2D eigenvalue weighted by Crippen LogP contribution is 2.56. The van der Waals surface area contributed by atoms with Crippen molar-refractivity contribution in [3.63, 3.8) is 0 Å². The van der Waals surface area contributed by atoms with Crippen LogP contribution in [0, 0.1) is 17.3 Å². The molecule has 5 unspecified atom stereocenters. The smallest absolute Gasteiger partial charge is 0.129 e. The standard InChI is InChI=1S/C45H38N2S/c1-28-21-23-29(24-22-28)30-16-11-20-39(46-42-33(30)25-27-45(2)26-10-9-17-36(42)45)47-37-18-7-5-14-34(37)40-31-12-3-4-13-32(31)41-35-15-6-8-19-38(35)48-44(41)43(40)47/h3-10,12-15,17-21,23-28,34,36-37H,11,16,22H2,1-2H3/b33-30?,39-20+,46-42+. The summed E-state index contributed by atoms with van der Waals surface area (Å²) in [4.78, 5) is 8.49. The molecule has 0 amide bonds. The predicted molar refractivity (Wildman–Crippen MR) is 206 cm³/mol. The van der Waals surface area contributed by atoms with Crippen molar-refractivity contribution >= 4 is 53.7 Å². The molecule has 48 heavy (non-hydrogen) atoms. The van der Waals surface area contributed by atoms with Gasteiger partial charge in [0, 0.05) is 38.3 Å². The van der Waals surface area contributed by atoms with Gasteiger partial charge in [-0.05, 0) is 64.8 Å². The van der Waals surface area contributed by atoms with Crippen molar-refractivity contribution in [2.75, 3.05) is 4.90 Å². The average Bonchev–Trinajstić information content (AvgIpc) is 3.66.